The third kappa shape index (κ3) is 7.30. The van der Waals surface area contributed by atoms with Gasteiger partial charge in [0.1, 0.15) is 5.75 Å². The van der Waals surface area contributed by atoms with Crippen molar-refractivity contribution in [3.05, 3.63) is 35.9 Å². The molecule has 27 heavy (non-hydrogen) atoms. The van der Waals surface area contributed by atoms with Crippen molar-refractivity contribution in [1.82, 2.24) is 10.2 Å². The molecule has 0 aliphatic carbocycles. The van der Waals surface area contributed by atoms with Crippen molar-refractivity contribution < 1.29 is 18.0 Å². The van der Waals surface area contributed by atoms with Crippen LogP contribution in [-0.4, -0.2) is 62.8 Å². The molecule has 7 nitrogen and oxygen atoms in total. The first-order chi connectivity index (χ1) is 12.9. The minimum absolute atomic E-state index is 0.0120. The first-order valence-corrected chi connectivity index (χ1v) is 11.2. The number of piperidine rings is 1. The number of benzene rings is 1. The van der Waals surface area contributed by atoms with Gasteiger partial charge < -0.3 is 16.0 Å². The Morgan fingerprint density at radius 2 is 1.96 bits per heavy atom. The number of nitrogens with two attached hydrogens (primary N) is 1. The number of hydrogen-bond acceptors (Lipinski definition) is 5. The molecule has 0 aromatic heterocycles. The Balaban J connectivity index is 1.80. The van der Waals surface area contributed by atoms with Crippen LogP contribution in [0.3, 0.4) is 0 Å². The summed E-state index contributed by atoms with van der Waals surface area (Å²) in [5.74, 6) is -1.33. The Morgan fingerprint density at radius 3 is 2.67 bits per heavy atom. The maximum atomic E-state index is 12.4. The topological polar surface area (TPSA) is 110 Å². The van der Waals surface area contributed by atoms with Crippen LogP contribution in [0.5, 0.6) is 0 Å². The number of carbonyl (C=O) groups excluding carboxylic acids is 2. The minimum Gasteiger partial charge on any atom is -0.355 e. The molecule has 1 saturated heterocycles. The average molecular weight is 396 g/mol. The molecule has 3 N–H and O–H groups in total. The Bertz CT molecular complexity index is 722. The van der Waals surface area contributed by atoms with Gasteiger partial charge in [0.2, 0.25) is 11.8 Å². The number of nitrogens with zero attached hydrogens (tertiary/aromatic N) is 1. The van der Waals surface area contributed by atoms with Crippen molar-refractivity contribution in [1.29, 1.82) is 0 Å². The van der Waals surface area contributed by atoms with Gasteiger partial charge in [-0.05, 0) is 31.2 Å². The molecule has 8 heteroatoms. The summed E-state index contributed by atoms with van der Waals surface area (Å²) < 4.78 is 24.6. The fourth-order valence-electron chi connectivity index (χ4n) is 3.25. The minimum atomic E-state index is -3.46. The molecule has 1 unspecified atom stereocenters. The van der Waals surface area contributed by atoms with Gasteiger partial charge in [0.25, 0.3) is 0 Å². The fraction of sp³-hybridized carbons (Fsp3) is 0.579. The normalized spacial score (nSPS) is 17.5. The highest BCUT2D eigenvalue weighted by molar-refractivity contribution is 7.92. The summed E-state index contributed by atoms with van der Waals surface area (Å²) in [7, 11) is -3.46. The summed E-state index contributed by atoms with van der Waals surface area (Å²) in [5.41, 5.74) is 6.47. The van der Waals surface area contributed by atoms with E-state index in [1.54, 1.807) is 0 Å². The largest absolute Gasteiger partial charge is 0.355 e. The summed E-state index contributed by atoms with van der Waals surface area (Å²) in [6.45, 7) is 1.54. The van der Waals surface area contributed by atoms with Crippen LogP contribution < -0.4 is 11.1 Å². The van der Waals surface area contributed by atoms with Crippen LogP contribution in [0.1, 0.15) is 24.8 Å². The van der Waals surface area contributed by atoms with Crippen LogP contribution in [0.25, 0.3) is 0 Å². The molecule has 1 aliphatic heterocycles. The van der Waals surface area contributed by atoms with Crippen LogP contribution in [0, 0.1) is 5.92 Å². The summed E-state index contributed by atoms with van der Waals surface area (Å²) in [4.78, 5) is 26.0. The van der Waals surface area contributed by atoms with Crippen LogP contribution in [-0.2, 0) is 25.8 Å². The van der Waals surface area contributed by atoms with E-state index in [0.29, 0.717) is 45.3 Å². The first-order valence-electron chi connectivity index (χ1n) is 9.41. The lowest BCUT2D eigenvalue weighted by Gasteiger charge is -2.32. The molecule has 1 atom stereocenters. The molecule has 0 radical (unpaired) electrons. The lowest BCUT2D eigenvalue weighted by Crippen LogP contribution is -2.47. The van der Waals surface area contributed by atoms with E-state index in [-0.39, 0.29) is 24.1 Å². The zero-order chi connectivity index (χ0) is 19.7. The number of likely N-dealkylation sites (tertiary alicyclic amines) is 1. The van der Waals surface area contributed by atoms with Crippen molar-refractivity contribution in [2.24, 2.45) is 11.7 Å². The van der Waals surface area contributed by atoms with Gasteiger partial charge in [0.05, 0.1) is 11.7 Å². The molecule has 0 saturated carbocycles. The van der Waals surface area contributed by atoms with E-state index in [0.717, 1.165) is 5.56 Å². The first kappa shape index (κ1) is 21.4. The van der Waals surface area contributed by atoms with Crippen molar-refractivity contribution >= 4 is 21.7 Å². The van der Waals surface area contributed by atoms with E-state index < -0.39 is 21.5 Å². The molecule has 1 heterocycles. The fourth-order valence-corrected chi connectivity index (χ4v) is 4.54. The summed E-state index contributed by atoms with van der Waals surface area (Å²) in [6.07, 6.45) is 2.55. The van der Waals surface area contributed by atoms with E-state index in [2.05, 4.69) is 5.32 Å². The lowest BCUT2D eigenvalue weighted by atomic mass is 9.97. The van der Waals surface area contributed by atoms with Gasteiger partial charge in [-0.25, -0.2) is 8.42 Å². The summed E-state index contributed by atoms with van der Waals surface area (Å²) in [6, 6.07) is 9.68. The van der Waals surface area contributed by atoms with Gasteiger partial charge in [-0.1, -0.05) is 30.3 Å². The maximum absolute atomic E-state index is 12.4. The highest BCUT2D eigenvalue weighted by Crippen LogP contribution is 2.17. The maximum Gasteiger partial charge on any atom is 0.237 e. The molecule has 2 rings (SSSR count). The van der Waals surface area contributed by atoms with Crippen LogP contribution in [0.2, 0.25) is 0 Å². The molecule has 2 amide bonds. The van der Waals surface area contributed by atoms with Crippen LogP contribution >= 0.6 is 0 Å². The van der Waals surface area contributed by atoms with Gasteiger partial charge in [-0.2, -0.15) is 0 Å². The number of aryl methyl sites for hydroxylation is 1. The van der Waals surface area contributed by atoms with Crippen molar-refractivity contribution in [2.75, 3.05) is 37.7 Å². The van der Waals surface area contributed by atoms with E-state index >= 15 is 0 Å². The summed E-state index contributed by atoms with van der Waals surface area (Å²) >= 11 is 0. The van der Waals surface area contributed by atoms with E-state index in [1.165, 1.54) is 4.90 Å². The van der Waals surface area contributed by atoms with E-state index in [4.69, 9.17) is 5.73 Å². The standard InChI is InChI=1S/C19H29N3O4S/c20-10-11-21-19(24)17-9-4-12-22(14-17)18(23)15-27(25,26)13-5-8-16-6-2-1-3-7-16/h1-3,6-7,17H,4-5,8-15,20H2,(H,21,24). The number of amides is 2. The third-order valence-corrected chi connectivity index (χ3v) is 6.29. The van der Waals surface area contributed by atoms with Crippen LogP contribution in [0.15, 0.2) is 30.3 Å². The highest BCUT2D eigenvalue weighted by atomic mass is 32.2. The second kappa shape index (κ2) is 10.4. The Hall–Kier alpha value is -1.93. The second-order valence-electron chi connectivity index (χ2n) is 6.94. The predicted octanol–water partition coefficient (Wildman–Crippen LogP) is 0.348. The van der Waals surface area contributed by atoms with Crippen molar-refractivity contribution in [3.63, 3.8) is 0 Å². The van der Waals surface area contributed by atoms with E-state index in [1.807, 2.05) is 30.3 Å². The lowest BCUT2D eigenvalue weighted by molar-refractivity contribution is -0.133. The molecule has 1 fully saturated rings. The quantitative estimate of drug-likeness (QED) is 0.627. The highest BCUT2D eigenvalue weighted by Gasteiger charge is 2.30. The molecular formula is C19H29N3O4S. The Morgan fingerprint density at radius 1 is 1.22 bits per heavy atom. The molecule has 1 aliphatic rings. The Labute approximate surface area is 161 Å². The van der Waals surface area contributed by atoms with Crippen molar-refractivity contribution in [2.45, 2.75) is 25.7 Å². The van der Waals surface area contributed by atoms with Gasteiger partial charge in [0, 0.05) is 26.2 Å². The van der Waals surface area contributed by atoms with Gasteiger partial charge >= 0.3 is 0 Å². The predicted molar refractivity (Wildman–Crippen MR) is 105 cm³/mol. The SMILES string of the molecule is NCCNC(=O)C1CCCN(C(=O)CS(=O)(=O)CCCc2ccccc2)C1. The monoisotopic (exact) mass is 395 g/mol. The second-order valence-corrected chi connectivity index (χ2v) is 9.12. The third-order valence-electron chi connectivity index (χ3n) is 4.70. The summed E-state index contributed by atoms with van der Waals surface area (Å²) in [5, 5.41) is 2.73. The number of rotatable bonds is 9. The zero-order valence-electron chi connectivity index (χ0n) is 15.6. The van der Waals surface area contributed by atoms with Gasteiger partial charge in [-0.3, -0.25) is 9.59 Å². The molecule has 0 spiro atoms. The number of hydrogen-bond donors (Lipinski definition) is 2. The smallest absolute Gasteiger partial charge is 0.237 e. The molecule has 1 aromatic rings. The van der Waals surface area contributed by atoms with Gasteiger partial charge in [-0.15, -0.1) is 0 Å². The number of sulfone groups is 1. The van der Waals surface area contributed by atoms with E-state index in [9.17, 15) is 18.0 Å². The van der Waals surface area contributed by atoms with Crippen molar-refractivity contribution in [3.8, 4) is 0 Å². The van der Waals surface area contributed by atoms with Gasteiger partial charge in [0.15, 0.2) is 9.84 Å². The number of carbonyl (C=O) groups is 2. The molecule has 0 bridgehead atoms. The zero-order valence-corrected chi connectivity index (χ0v) is 16.4. The Kier molecular flexibility index (Phi) is 8.24. The number of nitrogens with one attached hydrogen (secondary N) is 1. The average Bonchev–Trinajstić information content (AvgIpc) is 2.66. The van der Waals surface area contributed by atoms with Crippen LogP contribution in [0.4, 0.5) is 0 Å². The molecule has 150 valence electrons. The molecular weight excluding hydrogens is 366 g/mol. The molecule has 1 aromatic carbocycles.